The first-order valence-corrected chi connectivity index (χ1v) is 4.87. The fraction of sp³-hybridized carbons (Fsp3) is 0.889. The fourth-order valence-corrected chi connectivity index (χ4v) is 1.69. The molecule has 0 bridgehead atoms. The molecule has 1 aliphatic rings. The van der Waals surface area contributed by atoms with Gasteiger partial charge < -0.3 is 16.2 Å². The zero-order valence-electron chi connectivity index (χ0n) is 7.88. The van der Waals surface area contributed by atoms with Gasteiger partial charge in [0.15, 0.2) is 0 Å². The van der Waals surface area contributed by atoms with Crippen LogP contribution in [0.1, 0.15) is 32.1 Å². The summed E-state index contributed by atoms with van der Waals surface area (Å²) in [5, 5.41) is 11.3. The molecule has 4 nitrogen and oxygen atoms in total. The number of carbonyl (C=O) groups excluding carboxylic acids is 1. The van der Waals surface area contributed by atoms with Crippen molar-refractivity contribution in [1.82, 2.24) is 5.32 Å². The molecule has 0 aromatic heterocycles. The summed E-state index contributed by atoms with van der Waals surface area (Å²) in [7, 11) is 0. The lowest BCUT2D eigenvalue weighted by Gasteiger charge is -2.21. The third kappa shape index (κ3) is 2.67. The maximum Gasteiger partial charge on any atom is 0.240 e. The molecule has 1 fully saturated rings. The second kappa shape index (κ2) is 4.58. The number of nitrogens with one attached hydrogen (secondary N) is 1. The summed E-state index contributed by atoms with van der Waals surface area (Å²) in [6.45, 7) is 0.631. The summed E-state index contributed by atoms with van der Waals surface area (Å²) < 4.78 is 0. The van der Waals surface area contributed by atoms with Gasteiger partial charge in [0.1, 0.15) is 0 Å². The summed E-state index contributed by atoms with van der Waals surface area (Å²) in [4.78, 5) is 11.5. The third-order valence-electron chi connectivity index (χ3n) is 2.57. The summed E-state index contributed by atoms with van der Waals surface area (Å²) in [6.07, 6.45) is 4.27. The van der Waals surface area contributed by atoms with E-state index >= 15 is 0 Å². The van der Waals surface area contributed by atoms with Gasteiger partial charge in [0.2, 0.25) is 5.91 Å². The quantitative estimate of drug-likeness (QED) is 0.530. The van der Waals surface area contributed by atoms with Crippen LogP contribution in [0.15, 0.2) is 0 Å². The second-order valence-corrected chi connectivity index (χ2v) is 3.70. The van der Waals surface area contributed by atoms with Crippen molar-refractivity contribution in [3.8, 4) is 0 Å². The molecular weight excluding hydrogens is 168 g/mol. The van der Waals surface area contributed by atoms with Crippen molar-refractivity contribution in [1.29, 1.82) is 0 Å². The Labute approximate surface area is 78.5 Å². The third-order valence-corrected chi connectivity index (χ3v) is 2.57. The summed E-state index contributed by atoms with van der Waals surface area (Å²) in [6, 6.07) is 0. The Bertz CT molecular complexity index is 176. The Morgan fingerprint density at radius 3 is 2.62 bits per heavy atom. The van der Waals surface area contributed by atoms with Crippen LogP contribution in [-0.4, -0.2) is 29.7 Å². The van der Waals surface area contributed by atoms with Crippen LogP contribution >= 0.6 is 0 Å². The second-order valence-electron chi connectivity index (χ2n) is 3.70. The van der Waals surface area contributed by atoms with Crippen LogP contribution in [0.3, 0.4) is 0 Å². The molecule has 0 radical (unpaired) electrons. The van der Waals surface area contributed by atoms with Crippen molar-refractivity contribution in [3.05, 3.63) is 0 Å². The van der Waals surface area contributed by atoms with Crippen LogP contribution in [0.5, 0.6) is 0 Å². The SMILES string of the molecule is NC1(C(=O)NCCCO)CCCC1. The highest BCUT2D eigenvalue weighted by atomic mass is 16.3. The van der Waals surface area contributed by atoms with E-state index in [2.05, 4.69) is 5.32 Å². The van der Waals surface area contributed by atoms with E-state index in [1.165, 1.54) is 0 Å². The van der Waals surface area contributed by atoms with Crippen molar-refractivity contribution < 1.29 is 9.90 Å². The molecular formula is C9H18N2O2. The zero-order valence-corrected chi connectivity index (χ0v) is 7.88. The number of hydrogen-bond donors (Lipinski definition) is 3. The minimum absolute atomic E-state index is 0.0570. The van der Waals surface area contributed by atoms with E-state index < -0.39 is 5.54 Å². The Balaban J connectivity index is 2.29. The van der Waals surface area contributed by atoms with E-state index in [0.717, 1.165) is 25.7 Å². The number of carbonyl (C=O) groups is 1. The van der Waals surface area contributed by atoms with Crippen molar-refractivity contribution in [2.45, 2.75) is 37.6 Å². The van der Waals surface area contributed by atoms with Crippen molar-refractivity contribution in [2.75, 3.05) is 13.2 Å². The molecule has 13 heavy (non-hydrogen) atoms. The topological polar surface area (TPSA) is 75.4 Å². The van der Waals surface area contributed by atoms with Crippen molar-refractivity contribution in [3.63, 3.8) is 0 Å². The minimum atomic E-state index is -0.630. The average molecular weight is 186 g/mol. The van der Waals surface area contributed by atoms with Gasteiger partial charge in [-0.2, -0.15) is 0 Å². The van der Waals surface area contributed by atoms with Gasteiger partial charge in [-0.1, -0.05) is 12.8 Å². The monoisotopic (exact) mass is 186 g/mol. The van der Waals surface area contributed by atoms with Crippen LogP contribution in [0.2, 0.25) is 0 Å². The molecule has 0 aromatic rings. The molecule has 0 unspecified atom stereocenters. The van der Waals surface area contributed by atoms with Gasteiger partial charge in [-0.3, -0.25) is 4.79 Å². The minimum Gasteiger partial charge on any atom is -0.396 e. The number of aliphatic hydroxyl groups excluding tert-OH is 1. The first-order chi connectivity index (χ1) is 6.19. The van der Waals surface area contributed by atoms with Gasteiger partial charge in [0.05, 0.1) is 5.54 Å². The Morgan fingerprint density at radius 1 is 1.46 bits per heavy atom. The molecule has 4 N–H and O–H groups in total. The van der Waals surface area contributed by atoms with Crippen LogP contribution in [-0.2, 0) is 4.79 Å². The molecule has 0 spiro atoms. The highest BCUT2D eigenvalue weighted by Gasteiger charge is 2.36. The summed E-state index contributed by atoms with van der Waals surface area (Å²) >= 11 is 0. The molecule has 1 saturated carbocycles. The first-order valence-electron chi connectivity index (χ1n) is 4.87. The molecule has 76 valence electrons. The largest absolute Gasteiger partial charge is 0.396 e. The predicted molar refractivity (Wildman–Crippen MR) is 50.1 cm³/mol. The molecule has 4 heteroatoms. The standard InChI is InChI=1S/C9H18N2O2/c10-9(4-1-2-5-9)8(13)11-6-3-7-12/h12H,1-7,10H2,(H,11,13). The van der Waals surface area contributed by atoms with E-state index in [1.54, 1.807) is 0 Å². The highest BCUT2D eigenvalue weighted by molar-refractivity contribution is 5.86. The lowest BCUT2D eigenvalue weighted by Crippen LogP contribution is -2.52. The molecule has 0 atom stereocenters. The molecule has 0 saturated heterocycles. The van der Waals surface area contributed by atoms with Gasteiger partial charge in [-0.15, -0.1) is 0 Å². The molecule has 1 rings (SSSR count). The van der Waals surface area contributed by atoms with Crippen molar-refractivity contribution in [2.24, 2.45) is 5.73 Å². The van der Waals surface area contributed by atoms with Crippen LogP contribution in [0.25, 0.3) is 0 Å². The van der Waals surface area contributed by atoms with Gasteiger partial charge in [0, 0.05) is 13.2 Å². The maximum absolute atomic E-state index is 11.5. The Kier molecular flexibility index (Phi) is 3.69. The fourth-order valence-electron chi connectivity index (χ4n) is 1.69. The van der Waals surface area contributed by atoms with Gasteiger partial charge >= 0.3 is 0 Å². The van der Waals surface area contributed by atoms with E-state index in [-0.39, 0.29) is 12.5 Å². The number of hydrogen-bond acceptors (Lipinski definition) is 3. The van der Waals surface area contributed by atoms with Gasteiger partial charge in [0.25, 0.3) is 0 Å². The summed E-state index contributed by atoms with van der Waals surface area (Å²) in [5.74, 6) is -0.0570. The van der Waals surface area contributed by atoms with Crippen LogP contribution < -0.4 is 11.1 Å². The number of nitrogens with two attached hydrogens (primary N) is 1. The highest BCUT2D eigenvalue weighted by Crippen LogP contribution is 2.26. The van der Waals surface area contributed by atoms with Crippen molar-refractivity contribution >= 4 is 5.91 Å². The molecule has 0 heterocycles. The van der Waals surface area contributed by atoms with Crippen LogP contribution in [0.4, 0.5) is 0 Å². The zero-order chi connectivity index (χ0) is 9.73. The average Bonchev–Trinajstić information content (AvgIpc) is 2.54. The summed E-state index contributed by atoms with van der Waals surface area (Å²) in [5.41, 5.74) is 5.28. The Morgan fingerprint density at radius 2 is 2.08 bits per heavy atom. The van der Waals surface area contributed by atoms with E-state index in [9.17, 15) is 4.79 Å². The lowest BCUT2D eigenvalue weighted by molar-refractivity contribution is -0.126. The van der Waals surface area contributed by atoms with Gasteiger partial charge in [-0.05, 0) is 19.3 Å². The van der Waals surface area contributed by atoms with E-state index in [1.807, 2.05) is 0 Å². The maximum atomic E-state index is 11.5. The lowest BCUT2D eigenvalue weighted by atomic mass is 9.98. The first kappa shape index (κ1) is 10.5. The molecule has 1 amide bonds. The Hall–Kier alpha value is -0.610. The number of amides is 1. The number of rotatable bonds is 4. The van der Waals surface area contributed by atoms with Gasteiger partial charge in [-0.25, -0.2) is 0 Å². The predicted octanol–water partition coefficient (Wildman–Crippen LogP) is -0.244. The van der Waals surface area contributed by atoms with Crippen LogP contribution in [0, 0.1) is 0 Å². The molecule has 0 aliphatic heterocycles. The van der Waals surface area contributed by atoms with E-state index in [4.69, 9.17) is 10.8 Å². The van der Waals surface area contributed by atoms with E-state index in [0.29, 0.717) is 13.0 Å². The molecule has 1 aliphatic carbocycles. The smallest absolute Gasteiger partial charge is 0.240 e. The molecule has 0 aromatic carbocycles. The normalized spacial score (nSPS) is 20.2. The number of aliphatic hydroxyl groups is 1.